The Morgan fingerprint density at radius 3 is 2.55 bits per heavy atom. The first-order chi connectivity index (χ1) is 10.6. The van der Waals surface area contributed by atoms with Crippen LogP contribution in [-0.4, -0.2) is 24.1 Å². The van der Waals surface area contributed by atoms with Gasteiger partial charge < -0.3 is 15.4 Å². The highest BCUT2D eigenvalue weighted by Crippen LogP contribution is 2.19. The average Bonchev–Trinajstić information content (AvgIpc) is 3.34. The van der Waals surface area contributed by atoms with Gasteiger partial charge in [-0.3, -0.25) is 4.79 Å². The van der Waals surface area contributed by atoms with E-state index in [0.29, 0.717) is 0 Å². The van der Waals surface area contributed by atoms with E-state index in [1.165, 1.54) is 0 Å². The lowest BCUT2D eigenvalue weighted by molar-refractivity contribution is -0.124. The van der Waals surface area contributed by atoms with Gasteiger partial charge in [-0.05, 0) is 24.3 Å². The van der Waals surface area contributed by atoms with Crippen LogP contribution in [0.3, 0.4) is 0 Å². The Kier molecular flexibility index (Phi) is 5.81. The van der Waals surface area contributed by atoms with Crippen LogP contribution in [0.1, 0.15) is 38.7 Å². The third kappa shape index (κ3) is 5.06. The third-order valence-corrected chi connectivity index (χ3v) is 3.91. The lowest BCUT2D eigenvalue weighted by Gasteiger charge is -2.23. The van der Waals surface area contributed by atoms with Crippen molar-refractivity contribution < 1.29 is 14.3 Å². The molecule has 0 heterocycles. The summed E-state index contributed by atoms with van der Waals surface area (Å²) in [6.45, 7) is 4.15. The normalized spacial score (nSPS) is 16.5. The van der Waals surface area contributed by atoms with Crippen LogP contribution >= 0.6 is 0 Å². The van der Waals surface area contributed by atoms with Crippen molar-refractivity contribution >= 4 is 12.0 Å². The van der Waals surface area contributed by atoms with Gasteiger partial charge >= 0.3 is 6.09 Å². The highest BCUT2D eigenvalue weighted by atomic mass is 16.5. The monoisotopic (exact) mass is 304 g/mol. The second-order valence-electron chi connectivity index (χ2n) is 5.85. The minimum atomic E-state index is -0.555. The summed E-state index contributed by atoms with van der Waals surface area (Å²) in [5.41, 5.74) is 0.917. The first-order valence-corrected chi connectivity index (χ1v) is 7.87. The summed E-state index contributed by atoms with van der Waals surface area (Å²) in [4.78, 5) is 24.2. The molecule has 5 heteroatoms. The highest BCUT2D eigenvalue weighted by molar-refractivity contribution is 5.86. The molecule has 0 radical (unpaired) electrons. The molecule has 2 amide bonds. The van der Waals surface area contributed by atoms with Crippen molar-refractivity contribution in [3.8, 4) is 0 Å². The Morgan fingerprint density at radius 1 is 1.27 bits per heavy atom. The molecule has 0 bridgehead atoms. The maximum absolute atomic E-state index is 12.2. The van der Waals surface area contributed by atoms with Gasteiger partial charge in [-0.2, -0.15) is 0 Å². The van der Waals surface area contributed by atoms with Gasteiger partial charge in [0.15, 0.2) is 0 Å². The summed E-state index contributed by atoms with van der Waals surface area (Å²) in [5, 5.41) is 5.64. The van der Waals surface area contributed by atoms with E-state index < -0.39 is 12.1 Å². The molecule has 1 aliphatic carbocycles. The second-order valence-corrected chi connectivity index (χ2v) is 5.85. The zero-order chi connectivity index (χ0) is 15.9. The minimum Gasteiger partial charge on any atom is -0.445 e. The molecule has 1 aromatic rings. The Morgan fingerprint density at radius 2 is 1.95 bits per heavy atom. The number of ether oxygens (including phenoxy) is 1. The molecular weight excluding hydrogens is 280 g/mol. The molecule has 1 saturated carbocycles. The molecule has 0 aliphatic heterocycles. The number of carbonyl (C=O) groups is 2. The molecular formula is C17H24N2O3. The largest absolute Gasteiger partial charge is 0.445 e. The van der Waals surface area contributed by atoms with Crippen LogP contribution in [0.25, 0.3) is 0 Å². The minimum absolute atomic E-state index is 0.0584. The Bertz CT molecular complexity index is 500. The van der Waals surface area contributed by atoms with Crippen molar-refractivity contribution in [3.63, 3.8) is 0 Å². The first-order valence-electron chi connectivity index (χ1n) is 7.87. The lowest BCUT2D eigenvalue weighted by atomic mass is 9.98. The number of rotatable bonds is 7. The quantitative estimate of drug-likeness (QED) is 0.813. The number of alkyl carbamates (subject to hydrolysis) is 1. The topological polar surface area (TPSA) is 67.4 Å². The van der Waals surface area contributed by atoms with Crippen LogP contribution < -0.4 is 10.6 Å². The van der Waals surface area contributed by atoms with Gasteiger partial charge in [0.1, 0.15) is 12.6 Å². The van der Waals surface area contributed by atoms with Crippen LogP contribution in [-0.2, 0) is 16.1 Å². The number of hydrogen-bond donors (Lipinski definition) is 2. The van der Waals surface area contributed by atoms with E-state index in [9.17, 15) is 9.59 Å². The van der Waals surface area contributed by atoms with Crippen LogP contribution in [0.15, 0.2) is 30.3 Å². The summed E-state index contributed by atoms with van der Waals surface area (Å²) >= 11 is 0. The summed E-state index contributed by atoms with van der Waals surface area (Å²) in [7, 11) is 0. The summed E-state index contributed by atoms with van der Waals surface area (Å²) in [5.74, 6) is -0.0588. The van der Waals surface area contributed by atoms with Crippen LogP contribution in [0.5, 0.6) is 0 Å². The Hall–Kier alpha value is -2.04. The zero-order valence-corrected chi connectivity index (χ0v) is 13.2. The van der Waals surface area contributed by atoms with Gasteiger partial charge in [0.05, 0.1) is 0 Å². The number of carbonyl (C=O) groups excluding carboxylic acids is 2. The Labute approximate surface area is 131 Å². The molecule has 2 N–H and O–H groups in total. The van der Waals surface area contributed by atoms with Crippen molar-refractivity contribution in [2.24, 2.45) is 5.92 Å². The van der Waals surface area contributed by atoms with Gasteiger partial charge in [-0.25, -0.2) is 4.79 Å². The fourth-order valence-electron chi connectivity index (χ4n) is 2.11. The van der Waals surface area contributed by atoms with Crippen molar-refractivity contribution in [2.75, 3.05) is 0 Å². The molecule has 1 fully saturated rings. The number of nitrogens with one attached hydrogen (secondary N) is 2. The summed E-state index contributed by atoms with van der Waals surface area (Å²) < 4.78 is 5.19. The zero-order valence-electron chi connectivity index (χ0n) is 13.2. The number of amides is 2. The molecule has 120 valence electrons. The van der Waals surface area contributed by atoms with Crippen molar-refractivity contribution in [2.45, 2.75) is 51.8 Å². The maximum atomic E-state index is 12.2. The van der Waals surface area contributed by atoms with Crippen LogP contribution in [0.2, 0.25) is 0 Å². The van der Waals surface area contributed by atoms with Gasteiger partial charge in [0, 0.05) is 6.04 Å². The smallest absolute Gasteiger partial charge is 0.408 e. The van der Waals surface area contributed by atoms with Crippen molar-refractivity contribution in [1.29, 1.82) is 0 Å². The molecule has 0 spiro atoms. The molecule has 0 aromatic heterocycles. The predicted molar refractivity (Wildman–Crippen MR) is 84.2 cm³/mol. The van der Waals surface area contributed by atoms with Crippen molar-refractivity contribution in [1.82, 2.24) is 10.6 Å². The fraction of sp³-hybridized carbons (Fsp3) is 0.529. The van der Waals surface area contributed by atoms with Crippen LogP contribution in [0, 0.1) is 5.92 Å². The number of hydrogen-bond acceptors (Lipinski definition) is 3. The van der Waals surface area contributed by atoms with Gasteiger partial charge in [-0.1, -0.05) is 50.6 Å². The highest BCUT2D eigenvalue weighted by Gasteiger charge is 2.31. The van der Waals surface area contributed by atoms with Gasteiger partial charge in [0.25, 0.3) is 0 Å². The second kappa shape index (κ2) is 7.82. The van der Waals surface area contributed by atoms with E-state index in [4.69, 9.17) is 4.74 Å². The van der Waals surface area contributed by atoms with Crippen LogP contribution in [0.4, 0.5) is 4.79 Å². The molecule has 0 saturated heterocycles. The van der Waals surface area contributed by atoms with Gasteiger partial charge in [0.2, 0.25) is 5.91 Å². The van der Waals surface area contributed by atoms with Gasteiger partial charge in [-0.15, -0.1) is 0 Å². The maximum Gasteiger partial charge on any atom is 0.408 e. The van der Waals surface area contributed by atoms with E-state index >= 15 is 0 Å². The lowest BCUT2D eigenvalue weighted by Crippen LogP contribution is -2.50. The molecule has 5 nitrogen and oxygen atoms in total. The van der Waals surface area contributed by atoms with E-state index in [0.717, 1.165) is 24.8 Å². The van der Waals surface area contributed by atoms with E-state index in [1.54, 1.807) is 0 Å². The SMILES string of the molecule is CCC(C)C(NC(=O)OCc1ccccc1)C(=O)NC1CC1. The summed E-state index contributed by atoms with van der Waals surface area (Å²) in [6, 6.07) is 9.20. The molecule has 1 aromatic carbocycles. The van der Waals surface area contributed by atoms with E-state index in [-0.39, 0.29) is 24.5 Å². The van der Waals surface area contributed by atoms with Crippen molar-refractivity contribution in [3.05, 3.63) is 35.9 Å². The Balaban J connectivity index is 1.85. The standard InChI is InChI=1S/C17H24N2O3/c1-3-12(2)15(16(20)18-14-9-10-14)19-17(21)22-11-13-7-5-4-6-8-13/h4-8,12,14-15H,3,9-11H2,1-2H3,(H,18,20)(H,19,21). The molecule has 1 aliphatic rings. The summed E-state index contributed by atoms with van der Waals surface area (Å²) in [6.07, 6.45) is 2.30. The van der Waals surface area contributed by atoms with E-state index in [2.05, 4.69) is 10.6 Å². The number of benzene rings is 1. The third-order valence-electron chi connectivity index (χ3n) is 3.91. The first kappa shape index (κ1) is 16.3. The molecule has 2 rings (SSSR count). The predicted octanol–water partition coefficient (Wildman–Crippen LogP) is 2.61. The average molecular weight is 304 g/mol. The fourth-order valence-corrected chi connectivity index (χ4v) is 2.11. The molecule has 22 heavy (non-hydrogen) atoms. The molecule has 2 unspecified atom stereocenters. The van der Waals surface area contributed by atoms with E-state index in [1.807, 2.05) is 44.2 Å². The molecule has 2 atom stereocenters.